The van der Waals surface area contributed by atoms with Crippen LogP contribution in [-0.4, -0.2) is 30.6 Å². The minimum atomic E-state index is -0.737. The van der Waals surface area contributed by atoms with E-state index in [4.69, 9.17) is 4.74 Å². The van der Waals surface area contributed by atoms with Crippen LogP contribution in [0.15, 0.2) is 72.8 Å². The van der Waals surface area contributed by atoms with Gasteiger partial charge in [-0.1, -0.05) is 24.3 Å². The Morgan fingerprint density at radius 2 is 0.943 bits per heavy atom. The number of fused-ring (bicyclic) bond motifs is 2. The first-order chi connectivity index (χ1) is 16.8. The van der Waals surface area contributed by atoms with E-state index in [0.717, 1.165) is 11.1 Å². The summed E-state index contributed by atoms with van der Waals surface area (Å²) in [7, 11) is 0. The SMILES string of the molecule is Oc1ccc([C@H]2c3c(O)cc(O)cc3[C@H]3c4c(O)cc(O)cc4[C@@H]2O[C@@H]3c2ccc(O)cc2)cc1. The van der Waals surface area contributed by atoms with Crippen LogP contribution in [0.1, 0.15) is 57.4 Å². The maximum Gasteiger partial charge on any atom is 0.123 e. The highest BCUT2D eigenvalue weighted by Crippen LogP contribution is 2.62. The monoisotopic (exact) mass is 470 g/mol. The van der Waals surface area contributed by atoms with Gasteiger partial charge in [0.1, 0.15) is 34.5 Å². The maximum absolute atomic E-state index is 11.1. The summed E-state index contributed by atoms with van der Waals surface area (Å²) in [5.74, 6) is -1.56. The van der Waals surface area contributed by atoms with Gasteiger partial charge in [0.15, 0.2) is 0 Å². The van der Waals surface area contributed by atoms with Crippen molar-refractivity contribution in [2.24, 2.45) is 0 Å². The molecule has 1 aliphatic carbocycles. The summed E-state index contributed by atoms with van der Waals surface area (Å²) >= 11 is 0. The lowest BCUT2D eigenvalue weighted by Gasteiger charge is -2.38. The molecule has 4 atom stereocenters. The van der Waals surface area contributed by atoms with Crippen LogP contribution >= 0.6 is 0 Å². The van der Waals surface area contributed by atoms with E-state index in [0.29, 0.717) is 22.3 Å². The van der Waals surface area contributed by atoms with Gasteiger partial charge in [-0.3, -0.25) is 0 Å². The normalized spacial score (nSPS) is 22.3. The standard InChI is InChI=1S/C28H22O7/c29-15-5-1-13(2-6-15)23-24-19(9-17(31)11-21(24)33)26-25-20(10-18(32)12-22(25)34)28(23)35-27(26)14-3-7-16(30)8-4-14/h1-12,23,26-34H/t23-,26-,27+,28-/m0/s1. The molecule has 0 amide bonds. The molecule has 1 aliphatic heterocycles. The van der Waals surface area contributed by atoms with Gasteiger partial charge in [-0.25, -0.2) is 0 Å². The first kappa shape index (κ1) is 21.2. The molecule has 7 heteroatoms. The number of phenolic OH excluding ortho intramolecular Hbond substituents is 6. The molecule has 6 rings (SSSR count). The molecule has 35 heavy (non-hydrogen) atoms. The third-order valence-electron chi connectivity index (χ3n) is 6.99. The van der Waals surface area contributed by atoms with Crippen molar-refractivity contribution in [1.82, 2.24) is 0 Å². The van der Waals surface area contributed by atoms with Crippen LogP contribution in [0.3, 0.4) is 0 Å². The molecule has 0 aromatic heterocycles. The molecule has 0 radical (unpaired) electrons. The second-order valence-electron chi connectivity index (χ2n) is 9.05. The van der Waals surface area contributed by atoms with Gasteiger partial charge in [0, 0.05) is 35.1 Å². The van der Waals surface area contributed by atoms with Crippen LogP contribution < -0.4 is 0 Å². The Morgan fingerprint density at radius 3 is 1.51 bits per heavy atom. The van der Waals surface area contributed by atoms with Crippen molar-refractivity contribution in [2.45, 2.75) is 24.0 Å². The third-order valence-corrected chi connectivity index (χ3v) is 6.99. The van der Waals surface area contributed by atoms with Crippen molar-refractivity contribution < 1.29 is 35.4 Å². The van der Waals surface area contributed by atoms with Crippen molar-refractivity contribution in [2.75, 3.05) is 0 Å². The molecule has 0 saturated heterocycles. The van der Waals surface area contributed by atoms with Gasteiger partial charge in [0.2, 0.25) is 0 Å². The van der Waals surface area contributed by atoms with Crippen LogP contribution in [0.5, 0.6) is 34.5 Å². The van der Waals surface area contributed by atoms with E-state index in [2.05, 4.69) is 0 Å². The summed E-state index contributed by atoms with van der Waals surface area (Å²) in [5, 5.41) is 62.6. The molecule has 176 valence electrons. The summed E-state index contributed by atoms with van der Waals surface area (Å²) in [5.41, 5.74) is 3.66. The molecule has 6 N–H and O–H groups in total. The zero-order valence-electron chi connectivity index (χ0n) is 18.3. The van der Waals surface area contributed by atoms with Crippen LogP contribution in [0.4, 0.5) is 0 Å². The highest BCUT2D eigenvalue weighted by Gasteiger charge is 2.49. The molecular weight excluding hydrogens is 448 g/mol. The molecule has 0 unspecified atom stereocenters. The lowest BCUT2D eigenvalue weighted by molar-refractivity contribution is -0.0396. The van der Waals surface area contributed by atoms with Crippen molar-refractivity contribution in [1.29, 1.82) is 0 Å². The Bertz CT molecular complexity index is 1440. The Kier molecular flexibility index (Phi) is 4.59. The molecule has 0 spiro atoms. The lowest BCUT2D eigenvalue weighted by Crippen LogP contribution is -2.25. The van der Waals surface area contributed by atoms with Crippen LogP contribution in [-0.2, 0) is 4.74 Å². The summed E-state index contributed by atoms with van der Waals surface area (Å²) < 4.78 is 6.69. The first-order valence-corrected chi connectivity index (χ1v) is 11.2. The molecule has 2 bridgehead atoms. The molecule has 7 nitrogen and oxygen atoms in total. The van der Waals surface area contributed by atoms with E-state index in [1.807, 2.05) is 0 Å². The fraction of sp³-hybridized carbons (Fsp3) is 0.143. The van der Waals surface area contributed by atoms with Gasteiger partial charge < -0.3 is 35.4 Å². The molecule has 2 aliphatic rings. The zero-order valence-corrected chi connectivity index (χ0v) is 18.3. The second kappa shape index (κ2) is 7.58. The van der Waals surface area contributed by atoms with E-state index >= 15 is 0 Å². The summed E-state index contributed by atoms with van der Waals surface area (Å²) in [6.07, 6.45) is -1.37. The van der Waals surface area contributed by atoms with Crippen LogP contribution in [0.25, 0.3) is 0 Å². The second-order valence-corrected chi connectivity index (χ2v) is 9.05. The van der Waals surface area contributed by atoms with E-state index in [1.165, 1.54) is 12.1 Å². The van der Waals surface area contributed by atoms with Gasteiger partial charge in [-0.05, 0) is 58.7 Å². The van der Waals surface area contributed by atoms with E-state index < -0.39 is 24.0 Å². The van der Waals surface area contributed by atoms with Crippen LogP contribution in [0.2, 0.25) is 0 Å². The Morgan fingerprint density at radius 1 is 0.457 bits per heavy atom. The minimum Gasteiger partial charge on any atom is -0.508 e. The maximum atomic E-state index is 11.1. The lowest BCUT2D eigenvalue weighted by atomic mass is 9.79. The third kappa shape index (κ3) is 3.24. The number of aromatic hydroxyl groups is 6. The van der Waals surface area contributed by atoms with Crippen molar-refractivity contribution in [3.8, 4) is 34.5 Å². The average molecular weight is 470 g/mol. The van der Waals surface area contributed by atoms with E-state index in [-0.39, 0.29) is 34.5 Å². The fourth-order valence-electron chi connectivity index (χ4n) is 5.61. The first-order valence-electron chi connectivity index (χ1n) is 11.2. The molecular formula is C28H22O7. The summed E-state index contributed by atoms with van der Waals surface area (Å²) in [6, 6.07) is 18.8. The molecule has 0 fully saturated rings. The number of benzene rings is 4. The van der Waals surface area contributed by atoms with Crippen molar-refractivity contribution >= 4 is 0 Å². The van der Waals surface area contributed by atoms with Gasteiger partial charge in [0.25, 0.3) is 0 Å². The summed E-state index contributed by atoms with van der Waals surface area (Å²) in [4.78, 5) is 0. The fourth-order valence-corrected chi connectivity index (χ4v) is 5.61. The smallest absolute Gasteiger partial charge is 0.123 e. The molecule has 4 aromatic carbocycles. The largest absolute Gasteiger partial charge is 0.508 e. The highest BCUT2D eigenvalue weighted by molar-refractivity contribution is 5.64. The van der Waals surface area contributed by atoms with Gasteiger partial charge in [-0.15, -0.1) is 0 Å². The van der Waals surface area contributed by atoms with Gasteiger partial charge in [-0.2, -0.15) is 0 Å². The molecule has 0 saturated carbocycles. The van der Waals surface area contributed by atoms with Gasteiger partial charge in [0.05, 0.1) is 12.2 Å². The number of rotatable bonds is 2. The van der Waals surface area contributed by atoms with Crippen molar-refractivity contribution in [3.63, 3.8) is 0 Å². The Hall–Kier alpha value is -4.36. The number of phenols is 6. The van der Waals surface area contributed by atoms with E-state index in [1.54, 1.807) is 60.7 Å². The van der Waals surface area contributed by atoms with Crippen molar-refractivity contribution in [3.05, 3.63) is 106 Å². The number of hydrogen-bond donors (Lipinski definition) is 6. The zero-order chi connectivity index (χ0) is 24.4. The van der Waals surface area contributed by atoms with E-state index in [9.17, 15) is 30.6 Å². The highest BCUT2D eigenvalue weighted by atomic mass is 16.5. The topological polar surface area (TPSA) is 131 Å². The predicted molar refractivity (Wildman–Crippen MR) is 126 cm³/mol. The molecule has 4 aromatic rings. The average Bonchev–Trinajstić information content (AvgIpc) is 3.02. The van der Waals surface area contributed by atoms with Gasteiger partial charge >= 0.3 is 0 Å². The Labute approximate surface area is 200 Å². The Balaban J connectivity index is 1.70. The number of ether oxygens (including phenoxy) is 1. The molecule has 1 heterocycles. The quantitative estimate of drug-likeness (QED) is 0.243. The summed E-state index contributed by atoms with van der Waals surface area (Å²) in [6.45, 7) is 0. The van der Waals surface area contributed by atoms with Crippen LogP contribution in [0, 0.1) is 0 Å². The predicted octanol–water partition coefficient (Wildman–Crippen LogP) is 5.01. The minimum absolute atomic E-state index is 0.0837. The number of hydrogen-bond acceptors (Lipinski definition) is 7.